The van der Waals surface area contributed by atoms with Gasteiger partial charge in [0.05, 0.1) is 0 Å². The van der Waals surface area contributed by atoms with E-state index >= 15 is 0 Å². The Morgan fingerprint density at radius 1 is 1.00 bits per heavy atom. The van der Waals surface area contributed by atoms with E-state index in [0.717, 1.165) is 11.8 Å². The molecule has 0 N–H and O–H groups in total. The van der Waals surface area contributed by atoms with E-state index in [1.807, 2.05) is 0 Å². The highest BCUT2D eigenvalue weighted by molar-refractivity contribution is 5.79. The van der Waals surface area contributed by atoms with Gasteiger partial charge >= 0.3 is 0 Å². The van der Waals surface area contributed by atoms with E-state index in [4.69, 9.17) is 0 Å². The van der Waals surface area contributed by atoms with Gasteiger partial charge in [-0.2, -0.15) is 0 Å². The lowest BCUT2D eigenvalue weighted by atomic mass is 9.60. The second kappa shape index (κ2) is 3.94. The van der Waals surface area contributed by atoms with E-state index < -0.39 is 0 Å². The van der Waals surface area contributed by atoms with Gasteiger partial charge < -0.3 is 0 Å². The van der Waals surface area contributed by atoms with Crippen molar-refractivity contribution in [2.45, 2.75) is 65.2 Å². The van der Waals surface area contributed by atoms with Crippen LogP contribution in [-0.4, -0.2) is 6.29 Å². The molecule has 1 heteroatoms. The fourth-order valence-corrected chi connectivity index (χ4v) is 3.66. The predicted molar refractivity (Wildman–Crippen MR) is 76.6 cm³/mol. The zero-order valence-electron chi connectivity index (χ0n) is 12.5. The number of carbonyl (C=O) groups excluding carboxylic acids is 1. The maximum atomic E-state index is 11.2. The number of aryl methyl sites for hydroxylation is 1. The molecule has 1 aromatic rings. The molecule has 0 atom stereocenters. The van der Waals surface area contributed by atoms with Gasteiger partial charge in [-0.25, -0.2) is 0 Å². The first kappa shape index (κ1) is 13.3. The van der Waals surface area contributed by atoms with E-state index in [1.54, 1.807) is 0 Å². The van der Waals surface area contributed by atoms with Crippen LogP contribution in [0.3, 0.4) is 0 Å². The smallest absolute Gasteiger partial charge is 0.150 e. The summed E-state index contributed by atoms with van der Waals surface area (Å²) >= 11 is 0. The summed E-state index contributed by atoms with van der Waals surface area (Å²) in [6.07, 6.45) is 3.41. The minimum absolute atomic E-state index is 0.179. The molecule has 0 fully saturated rings. The van der Waals surface area contributed by atoms with Crippen molar-refractivity contribution in [2.24, 2.45) is 0 Å². The molecule has 1 aromatic carbocycles. The third kappa shape index (κ3) is 1.81. The average Bonchev–Trinajstić information content (AvgIpc) is 2.27. The number of hydrogen-bond donors (Lipinski definition) is 0. The molecule has 18 heavy (non-hydrogen) atoms. The lowest BCUT2D eigenvalue weighted by molar-refractivity contribution is 0.112. The summed E-state index contributed by atoms with van der Waals surface area (Å²) in [6.45, 7) is 13.5. The van der Waals surface area contributed by atoms with Gasteiger partial charge in [0.1, 0.15) is 6.29 Å². The van der Waals surface area contributed by atoms with Crippen LogP contribution in [0.4, 0.5) is 0 Å². The number of rotatable bonds is 1. The number of aldehydes is 1. The van der Waals surface area contributed by atoms with Gasteiger partial charge in [0.15, 0.2) is 0 Å². The van der Waals surface area contributed by atoms with Crippen LogP contribution in [0, 0.1) is 13.8 Å². The maximum absolute atomic E-state index is 11.2. The van der Waals surface area contributed by atoms with Crippen LogP contribution in [0.15, 0.2) is 6.07 Å². The summed E-state index contributed by atoms with van der Waals surface area (Å²) in [5, 5.41) is 0. The summed E-state index contributed by atoms with van der Waals surface area (Å²) in [5.74, 6) is 0. The fraction of sp³-hybridized carbons (Fsp3) is 0.588. The van der Waals surface area contributed by atoms with E-state index in [0.29, 0.717) is 0 Å². The molecule has 0 aliphatic heterocycles. The van der Waals surface area contributed by atoms with Crippen LogP contribution in [0.25, 0.3) is 0 Å². The van der Waals surface area contributed by atoms with Crippen LogP contribution in [0.2, 0.25) is 0 Å². The van der Waals surface area contributed by atoms with Crippen molar-refractivity contribution in [3.8, 4) is 0 Å². The number of fused-ring (bicyclic) bond motifs is 1. The van der Waals surface area contributed by atoms with E-state index in [-0.39, 0.29) is 10.8 Å². The first-order valence-corrected chi connectivity index (χ1v) is 6.81. The minimum Gasteiger partial charge on any atom is -0.298 e. The number of carbonyl (C=O) groups is 1. The molecule has 2 rings (SSSR count). The molecule has 0 unspecified atom stereocenters. The van der Waals surface area contributed by atoms with Crippen LogP contribution in [0.1, 0.15) is 73.1 Å². The molecule has 1 aliphatic rings. The normalized spacial score (nSPS) is 20.3. The zero-order chi connectivity index (χ0) is 13.7. The Hall–Kier alpha value is -1.11. The molecule has 0 saturated heterocycles. The Morgan fingerprint density at radius 2 is 1.50 bits per heavy atom. The lowest BCUT2D eigenvalue weighted by Crippen LogP contribution is -2.35. The first-order chi connectivity index (χ1) is 8.20. The number of benzene rings is 1. The Labute approximate surface area is 111 Å². The summed E-state index contributed by atoms with van der Waals surface area (Å²) in [4.78, 5) is 11.2. The SMILES string of the molecule is Cc1cc(C=O)c(C)c2c1C(C)(C)CCC2(C)C. The van der Waals surface area contributed by atoms with Crippen LogP contribution in [0.5, 0.6) is 0 Å². The molecule has 0 aromatic heterocycles. The molecule has 1 aliphatic carbocycles. The van der Waals surface area contributed by atoms with Gasteiger partial charge in [0.25, 0.3) is 0 Å². The Bertz CT molecular complexity index is 507. The molecule has 0 bridgehead atoms. The average molecular weight is 244 g/mol. The van der Waals surface area contributed by atoms with E-state index in [2.05, 4.69) is 47.6 Å². The molecular weight excluding hydrogens is 220 g/mol. The summed E-state index contributed by atoms with van der Waals surface area (Å²) in [5.41, 5.74) is 6.61. The second-order valence-electron chi connectivity index (χ2n) is 7.04. The van der Waals surface area contributed by atoms with Crippen LogP contribution in [-0.2, 0) is 10.8 Å². The van der Waals surface area contributed by atoms with Crippen molar-refractivity contribution in [3.63, 3.8) is 0 Å². The molecular formula is C17H24O. The monoisotopic (exact) mass is 244 g/mol. The highest BCUT2D eigenvalue weighted by Crippen LogP contribution is 2.48. The molecule has 0 saturated carbocycles. The Balaban J connectivity index is 2.87. The zero-order valence-corrected chi connectivity index (χ0v) is 12.5. The fourth-order valence-electron chi connectivity index (χ4n) is 3.66. The predicted octanol–water partition coefficient (Wildman–Crippen LogP) is 4.46. The third-order valence-corrected chi connectivity index (χ3v) is 4.68. The number of hydrogen-bond acceptors (Lipinski definition) is 1. The Kier molecular flexibility index (Phi) is 2.92. The summed E-state index contributed by atoms with van der Waals surface area (Å²) in [6, 6.07) is 2.06. The molecule has 0 heterocycles. The van der Waals surface area contributed by atoms with Gasteiger partial charge in [-0.3, -0.25) is 4.79 Å². The lowest BCUT2D eigenvalue weighted by Gasteiger charge is -2.44. The summed E-state index contributed by atoms with van der Waals surface area (Å²) < 4.78 is 0. The van der Waals surface area contributed by atoms with E-state index in [1.165, 1.54) is 35.1 Å². The van der Waals surface area contributed by atoms with Crippen molar-refractivity contribution in [1.29, 1.82) is 0 Å². The quantitative estimate of drug-likeness (QED) is 0.666. The van der Waals surface area contributed by atoms with Crippen molar-refractivity contribution in [2.75, 3.05) is 0 Å². The van der Waals surface area contributed by atoms with Gasteiger partial charge in [0.2, 0.25) is 0 Å². The van der Waals surface area contributed by atoms with Crippen molar-refractivity contribution in [1.82, 2.24) is 0 Å². The van der Waals surface area contributed by atoms with Crippen molar-refractivity contribution >= 4 is 6.29 Å². The van der Waals surface area contributed by atoms with Crippen LogP contribution >= 0.6 is 0 Å². The van der Waals surface area contributed by atoms with Gasteiger partial charge in [0, 0.05) is 5.56 Å². The van der Waals surface area contributed by atoms with Crippen LogP contribution < -0.4 is 0 Å². The van der Waals surface area contributed by atoms with Gasteiger partial charge in [-0.1, -0.05) is 27.7 Å². The van der Waals surface area contributed by atoms with E-state index in [9.17, 15) is 4.79 Å². The minimum atomic E-state index is 0.179. The molecule has 0 radical (unpaired) electrons. The molecule has 98 valence electrons. The van der Waals surface area contributed by atoms with Crippen molar-refractivity contribution in [3.05, 3.63) is 33.9 Å². The van der Waals surface area contributed by atoms with Crippen molar-refractivity contribution < 1.29 is 4.79 Å². The second-order valence-corrected chi connectivity index (χ2v) is 7.04. The maximum Gasteiger partial charge on any atom is 0.150 e. The third-order valence-electron chi connectivity index (χ3n) is 4.68. The highest BCUT2D eigenvalue weighted by atomic mass is 16.1. The molecule has 0 spiro atoms. The topological polar surface area (TPSA) is 17.1 Å². The highest BCUT2D eigenvalue weighted by Gasteiger charge is 2.39. The van der Waals surface area contributed by atoms with Gasteiger partial charge in [-0.05, 0) is 65.8 Å². The molecule has 0 amide bonds. The standard InChI is InChI=1S/C17H24O/c1-11-9-13(10-18)12(2)15-14(11)16(3,4)7-8-17(15,5)6/h9-10H,7-8H2,1-6H3. The van der Waals surface area contributed by atoms with Gasteiger partial charge in [-0.15, -0.1) is 0 Å². The summed E-state index contributed by atoms with van der Waals surface area (Å²) in [7, 11) is 0. The largest absolute Gasteiger partial charge is 0.298 e. The Morgan fingerprint density at radius 3 is 2.00 bits per heavy atom. The molecule has 1 nitrogen and oxygen atoms in total. The first-order valence-electron chi connectivity index (χ1n) is 6.81.